The second-order valence-corrected chi connectivity index (χ2v) is 6.44. The van der Waals surface area contributed by atoms with Crippen LogP contribution in [0.1, 0.15) is 46.2 Å². The molecule has 4 nitrogen and oxygen atoms in total. The zero-order chi connectivity index (χ0) is 13.4. The van der Waals surface area contributed by atoms with Crippen LogP contribution in [0.25, 0.3) is 0 Å². The minimum Gasteiger partial charge on any atom is -0.378 e. The van der Waals surface area contributed by atoms with Gasteiger partial charge in [-0.15, -0.1) is 0 Å². The van der Waals surface area contributed by atoms with Gasteiger partial charge in [-0.3, -0.25) is 0 Å². The molecule has 100 valence electrons. The molecule has 1 heterocycles. The minimum atomic E-state index is 0.0392. The molecule has 18 heavy (non-hydrogen) atoms. The van der Waals surface area contributed by atoms with Crippen LogP contribution < -0.4 is 5.32 Å². The van der Waals surface area contributed by atoms with Gasteiger partial charge in [0.2, 0.25) is 0 Å². The van der Waals surface area contributed by atoms with Crippen LogP contribution in [0.3, 0.4) is 0 Å². The molecule has 0 amide bonds. The van der Waals surface area contributed by atoms with E-state index in [0.29, 0.717) is 6.04 Å². The lowest BCUT2D eigenvalue weighted by Crippen LogP contribution is -2.49. The van der Waals surface area contributed by atoms with Gasteiger partial charge in [-0.25, -0.2) is 9.97 Å². The second kappa shape index (κ2) is 4.50. The third kappa shape index (κ3) is 2.80. The summed E-state index contributed by atoms with van der Waals surface area (Å²) in [6.45, 7) is 8.62. The summed E-state index contributed by atoms with van der Waals surface area (Å²) >= 11 is 0. The van der Waals surface area contributed by atoms with Gasteiger partial charge in [0.25, 0.3) is 0 Å². The normalized spacial score (nSPS) is 27.7. The number of ether oxygens (including phenoxy) is 1. The Labute approximate surface area is 109 Å². The monoisotopic (exact) mass is 249 g/mol. The molecular weight excluding hydrogens is 226 g/mol. The van der Waals surface area contributed by atoms with Crippen molar-refractivity contribution < 1.29 is 4.74 Å². The van der Waals surface area contributed by atoms with E-state index in [1.165, 1.54) is 0 Å². The van der Waals surface area contributed by atoms with E-state index in [0.717, 1.165) is 24.4 Å². The van der Waals surface area contributed by atoms with Gasteiger partial charge < -0.3 is 10.1 Å². The Balaban J connectivity index is 1.99. The third-order valence-corrected chi connectivity index (χ3v) is 3.64. The number of nitrogens with zero attached hydrogens (tertiary/aromatic N) is 2. The van der Waals surface area contributed by atoms with Gasteiger partial charge in [0, 0.05) is 24.6 Å². The average molecular weight is 249 g/mol. The van der Waals surface area contributed by atoms with E-state index in [2.05, 4.69) is 43.0 Å². The Morgan fingerprint density at radius 3 is 2.56 bits per heavy atom. The van der Waals surface area contributed by atoms with E-state index < -0.39 is 0 Å². The minimum absolute atomic E-state index is 0.0392. The Hall–Kier alpha value is -1.16. The second-order valence-electron chi connectivity index (χ2n) is 6.44. The van der Waals surface area contributed by atoms with Crippen molar-refractivity contribution in [1.82, 2.24) is 9.97 Å². The number of hydrogen-bond acceptors (Lipinski definition) is 4. The van der Waals surface area contributed by atoms with E-state index in [1.54, 1.807) is 13.4 Å². The quantitative estimate of drug-likeness (QED) is 0.894. The summed E-state index contributed by atoms with van der Waals surface area (Å²) in [4.78, 5) is 8.62. The van der Waals surface area contributed by atoms with Gasteiger partial charge in [-0.05, 0) is 19.8 Å². The molecule has 0 radical (unpaired) electrons. The fourth-order valence-electron chi connectivity index (χ4n) is 2.31. The van der Waals surface area contributed by atoms with E-state index in [4.69, 9.17) is 4.74 Å². The molecule has 1 aromatic heterocycles. The van der Waals surface area contributed by atoms with Crippen LogP contribution in [0.4, 0.5) is 5.82 Å². The lowest BCUT2D eigenvalue weighted by molar-refractivity contribution is -0.0625. The lowest BCUT2D eigenvalue weighted by Gasteiger charge is -2.44. The molecular formula is C14H23N3O. The van der Waals surface area contributed by atoms with Crippen molar-refractivity contribution in [3.63, 3.8) is 0 Å². The molecule has 1 N–H and O–H groups in total. The highest BCUT2D eigenvalue weighted by atomic mass is 16.5. The standard InChI is InChI=1S/C14H23N3O/c1-13(2,3)11-6-12(16-9-15-11)17-10-7-14(4,8-10)18-5/h6,9-10H,7-8H2,1-5H3,(H,15,16,17). The zero-order valence-corrected chi connectivity index (χ0v) is 11.9. The SMILES string of the molecule is COC1(C)CC(Nc2cc(C(C)(C)C)ncn2)C1. The molecule has 0 saturated heterocycles. The van der Waals surface area contributed by atoms with Crippen molar-refractivity contribution in [3.05, 3.63) is 18.1 Å². The van der Waals surface area contributed by atoms with Crippen LogP contribution >= 0.6 is 0 Å². The van der Waals surface area contributed by atoms with E-state index in [9.17, 15) is 0 Å². The number of methoxy groups -OCH3 is 1. The number of hydrogen-bond donors (Lipinski definition) is 1. The molecule has 1 saturated carbocycles. The Bertz CT molecular complexity index is 419. The van der Waals surface area contributed by atoms with Gasteiger partial charge in [0.15, 0.2) is 0 Å². The molecule has 4 heteroatoms. The summed E-state index contributed by atoms with van der Waals surface area (Å²) in [6.07, 6.45) is 3.69. The van der Waals surface area contributed by atoms with Crippen LogP contribution in [0.15, 0.2) is 12.4 Å². The fourth-order valence-corrected chi connectivity index (χ4v) is 2.31. The van der Waals surface area contributed by atoms with Gasteiger partial charge in [-0.2, -0.15) is 0 Å². The maximum Gasteiger partial charge on any atom is 0.129 e. The molecule has 1 fully saturated rings. The molecule has 2 rings (SSSR count). The first-order valence-electron chi connectivity index (χ1n) is 6.47. The molecule has 0 aliphatic heterocycles. The number of nitrogens with one attached hydrogen (secondary N) is 1. The molecule has 0 unspecified atom stereocenters. The van der Waals surface area contributed by atoms with E-state index >= 15 is 0 Å². The topological polar surface area (TPSA) is 47.0 Å². The number of rotatable bonds is 3. The summed E-state index contributed by atoms with van der Waals surface area (Å²) in [6, 6.07) is 2.50. The lowest BCUT2D eigenvalue weighted by atomic mass is 9.77. The Morgan fingerprint density at radius 2 is 2.00 bits per heavy atom. The Kier molecular flexibility index (Phi) is 3.32. The molecule has 1 aliphatic carbocycles. The molecule has 1 aromatic rings. The number of anilines is 1. The van der Waals surface area contributed by atoms with E-state index in [1.807, 2.05) is 6.07 Å². The number of aromatic nitrogens is 2. The molecule has 1 aliphatic rings. The maximum atomic E-state index is 5.45. The molecule has 0 atom stereocenters. The molecule has 0 aromatic carbocycles. The van der Waals surface area contributed by atoms with Crippen molar-refractivity contribution in [2.75, 3.05) is 12.4 Å². The van der Waals surface area contributed by atoms with Crippen LogP contribution in [0, 0.1) is 0 Å². The average Bonchev–Trinajstić information content (AvgIpc) is 2.26. The highest BCUT2D eigenvalue weighted by Crippen LogP contribution is 2.36. The first-order valence-corrected chi connectivity index (χ1v) is 6.47. The van der Waals surface area contributed by atoms with Gasteiger partial charge in [-0.1, -0.05) is 20.8 Å². The third-order valence-electron chi connectivity index (χ3n) is 3.64. The van der Waals surface area contributed by atoms with Crippen LogP contribution in [-0.4, -0.2) is 28.7 Å². The largest absolute Gasteiger partial charge is 0.378 e. The summed E-state index contributed by atoms with van der Waals surface area (Å²) in [5.74, 6) is 0.915. The van der Waals surface area contributed by atoms with Crippen molar-refractivity contribution >= 4 is 5.82 Å². The highest BCUT2D eigenvalue weighted by Gasteiger charge is 2.40. The molecule has 0 bridgehead atoms. The van der Waals surface area contributed by atoms with Crippen LogP contribution in [0.5, 0.6) is 0 Å². The first kappa shape index (κ1) is 13.3. The maximum absolute atomic E-state index is 5.45. The Morgan fingerprint density at radius 1 is 1.33 bits per heavy atom. The highest BCUT2D eigenvalue weighted by molar-refractivity contribution is 5.38. The first-order chi connectivity index (χ1) is 8.32. The van der Waals surface area contributed by atoms with Crippen LogP contribution in [-0.2, 0) is 10.2 Å². The summed E-state index contributed by atoms with van der Waals surface area (Å²) in [7, 11) is 1.78. The fraction of sp³-hybridized carbons (Fsp3) is 0.714. The van der Waals surface area contributed by atoms with Crippen LogP contribution in [0.2, 0.25) is 0 Å². The van der Waals surface area contributed by atoms with Crippen molar-refractivity contribution in [2.24, 2.45) is 0 Å². The summed E-state index contributed by atoms with van der Waals surface area (Å²) < 4.78 is 5.45. The van der Waals surface area contributed by atoms with Gasteiger partial charge in [0.1, 0.15) is 12.1 Å². The smallest absolute Gasteiger partial charge is 0.129 e. The van der Waals surface area contributed by atoms with E-state index in [-0.39, 0.29) is 11.0 Å². The van der Waals surface area contributed by atoms with Crippen molar-refractivity contribution in [3.8, 4) is 0 Å². The van der Waals surface area contributed by atoms with Crippen molar-refractivity contribution in [2.45, 2.75) is 57.6 Å². The van der Waals surface area contributed by atoms with Crippen molar-refractivity contribution in [1.29, 1.82) is 0 Å². The predicted octanol–water partition coefficient (Wildman–Crippen LogP) is 2.75. The van der Waals surface area contributed by atoms with Gasteiger partial charge >= 0.3 is 0 Å². The van der Waals surface area contributed by atoms with Gasteiger partial charge in [0.05, 0.1) is 11.3 Å². The predicted molar refractivity (Wildman–Crippen MR) is 72.8 cm³/mol. The molecule has 0 spiro atoms. The summed E-state index contributed by atoms with van der Waals surface area (Å²) in [5, 5.41) is 3.45. The summed E-state index contributed by atoms with van der Waals surface area (Å²) in [5.41, 5.74) is 1.16. The zero-order valence-electron chi connectivity index (χ0n) is 11.9.